The van der Waals surface area contributed by atoms with E-state index in [0.29, 0.717) is 18.5 Å². The lowest BCUT2D eigenvalue weighted by atomic mass is 9.83. The summed E-state index contributed by atoms with van der Waals surface area (Å²) in [6.45, 7) is 3.51. The number of hydrogen-bond acceptors (Lipinski definition) is 2. The average molecular weight is 252 g/mol. The van der Waals surface area contributed by atoms with Crippen molar-refractivity contribution in [1.29, 1.82) is 0 Å². The molecule has 3 nitrogen and oxygen atoms in total. The average Bonchev–Trinajstić information content (AvgIpc) is 2.91. The predicted molar refractivity (Wildman–Crippen MR) is 74.2 cm³/mol. The Bertz CT molecular complexity index is 278. The van der Waals surface area contributed by atoms with Gasteiger partial charge in [0.05, 0.1) is 5.41 Å². The number of nitrogens with zero attached hydrogens (tertiary/aromatic N) is 1. The third-order valence-electron chi connectivity index (χ3n) is 5.02. The van der Waals surface area contributed by atoms with Crippen molar-refractivity contribution in [3.05, 3.63) is 0 Å². The molecule has 0 aromatic heterocycles. The number of rotatable bonds is 4. The molecule has 0 unspecified atom stereocenters. The summed E-state index contributed by atoms with van der Waals surface area (Å²) >= 11 is 0. The Labute approximate surface area is 111 Å². The standard InChI is InChI=1S/C15H28N2O/c1-2-17(13-8-4-3-5-9-13)14(18)15(12-16)10-6-7-11-15/h13H,2-12,16H2,1H3. The fraction of sp³-hybridized carbons (Fsp3) is 0.933. The van der Waals surface area contributed by atoms with E-state index >= 15 is 0 Å². The van der Waals surface area contributed by atoms with Gasteiger partial charge in [0, 0.05) is 19.1 Å². The van der Waals surface area contributed by atoms with Crippen LogP contribution in [0.2, 0.25) is 0 Å². The molecule has 18 heavy (non-hydrogen) atoms. The maximum Gasteiger partial charge on any atom is 0.230 e. The zero-order valence-electron chi connectivity index (χ0n) is 11.8. The van der Waals surface area contributed by atoms with Crippen molar-refractivity contribution in [2.24, 2.45) is 11.1 Å². The maximum atomic E-state index is 12.9. The number of hydrogen-bond donors (Lipinski definition) is 1. The fourth-order valence-electron chi connectivity index (χ4n) is 3.82. The first-order valence-corrected chi connectivity index (χ1v) is 7.74. The van der Waals surface area contributed by atoms with E-state index in [0.717, 1.165) is 19.4 Å². The first-order valence-electron chi connectivity index (χ1n) is 7.74. The summed E-state index contributed by atoms with van der Waals surface area (Å²) < 4.78 is 0. The lowest BCUT2D eigenvalue weighted by Crippen LogP contribution is -2.51. The second kappa shape index (κ2) is 6.05. The van der Waals surface area contributed by atoms with Crippen molar-refractivity contribution in [3.63, 3.8) is 0 Å². The third kappa shape index (κ3) is 2.56. The van der Waals surface area contributed by atoms with Gasteiger partial charge in [0.25, 0.3) is 0 Å². The van der Waals surface area contributed by atoms with Crippen molar-refractivity contribution < 1.29 is 4.79 Å². The van der Waals surface area contributed by atoms with Crippen LogP contribution in [0, 0.1) is 5.41 Å². The molecule has 0 saturated heterocycles. The highest BCUT2D eigenvalue weighted by molar-refractivity contribution is 5.83. The topological polar surface area (TPSA) is 46.3 Å². The molecule has 2 saturated carbocycles. The molecule has 0 spiro atoms. The molecule has 1 amide bonds. The van der Waals surface area contributed by atoms with E-state index in [9.17, 15) is 4.79 Å². The molecular formula is C15H28N2O. The molecule has 2 rings (SSSR count). The maximum absolute atomic E-state index is 12.9. The summed E-state index contributed by atoms with van der Waals surface area (Å²) in [5, 5.41) is 0. The second-order valence-electron chi connectivity index (χ2n) is 6.07. The Kier molecular flexibility index (Phi) is 4.66. The van der Waals surface area contributed by atoms with Gasteiger partial charge in [-0.3, -0.25) is 4.79 Å². The van der Waals surface area contributed by atoms with Gasteiger partial charge in [-0.05, 0) is 32.6 Å². The SMILES string of the molecule is CCN(C(=O)C1(CN)CCCC1)C1CCCCC1. The molecule has 0 aromatic rings. The van der Waals surface area contributed by atoms with E-state index < -0.39 is 0 Å². The first-order chi connectivity index (χ1) is 8.73. The van der Waals surface area contributed by atoms with E-state index in [2.05, 4.69) is 11.8 Å². The Balaban J connectivity index is 2.08. The van der Waals surface area contributed by atoms with E-state index in [1.165, 1.54) is 44.9 Å². The largest absolute Gasteiger partial charge is 0.339 e. The number of carbonyl (C=O) groups is 1. The summed E-state index contributed by atoms with van der Waals surface area (Å²) in [4.78, 5) is 15.0. The molecule has 104 valence electrons. The summed E-state index contributed by atoms with van der Waals surface area (Å²) in [6.07, 6.45) is 10.6. The summed E-state index contributed by atoms with van der Waals surface area (Å²) in [7, 11) is 0. The van der Waals surface area contributed by atoms with Crippen LogP contribution < -0.4 is 5.73 Å². The molecule has 0 heterocycles. The molecule has 0 bridgehead atoms. The Hall–Kier alpha value is -0.570. The van der Waals surface area contributed by atoms with Crippen molar-refractivity contribution in [3.8, 4) is 0 Å². The van der Waals surface area contributed by atoms with Gasteiger partial charge in [0.1, 0.15) is 0 Å². The van der Waals surface area contributed by atoms with Crippen molar-refractivity contribution in [2.75, 3.05) is 13.1 Å². The third-order valence-corrected chi connectivity index (χ3v) is 5.02. The van der Waals surface area contributed by atoms with Crippen LogP contribution in [0.3, 0.4) is 0 Å². The van der Waals surface area contributed by atoms with Crippen molar-refractivity contribution >= 4 is 5.91 Å². The number of carbonyl (C=O) groups excluding carboxylic acids is 1. The molecular weight excluding hydrogens is 224 g/mol. The van der Waals surface area contributed by atoms with E-state index in [4.69, 9.17) is 5.73 Å². The molecule has 2 aliphatic carbocycles. The van der Waals surface area contributed by atoms with Crippen LogP contribution in [-0.4, -0.2) is 29.9 Å². The second-order valence-corrected chi connectivity index (χ2v) is 6.07. The van der Waals surface area contributed by atoms with Gasteiger partial charge < -0.3 is 10.6 Å². The molecule has 0 atom stereocenters. The van der Waals surface area contributed by atoms with Crippen molar-refractivity contribution in [2.45, 2.75) is 70.8 Å². The van der Waals surface area contributed by atoms with Crippen molar-refractivity contribution in [1.82, 2.24) is 4.90 Å². The summed E-state index contributed by atoms with van der Waals surface area (Å²) in [5.41, 5.74) is 5.73. The van der Waals surface area contributed by atoms with E-state index in [-0.39, 0.29) is 5.41 Å². The van der Waals surface area contributed by atoms with Crippen LogP contribution >= 0.6 is 0 Å². The Morgan fingerprint density at radius 1 is 1.17 bits per heavy atom. The predicted octanol–water partition coefficient (Wildman–Crippen LogP) is 2.69. The van der Waals surface area contributed by atoms with Gasteiger partial charge in [-0.2, -0.15) is 0 Å². The van der Waals surface area contributed by atoms with Crippen LogP contribution in [0.5, 0.6) is 0 Å². The molecule has 2 N–H and O–H groups in total. The molecule has 2 aliphatic rings. The highest BCUT2D eigenvalue weighted by Crippen LogP contribution is 2.40. The number of nitrogens with two attached hydrogens (primary N) is 1. The fourth-order valence-corrected chi connectivity index (χ4v) is 3.82. The van der Waals surface area contributed by atoms with E-state index in [1.807, 2.05) is 0 Å². The Morgan fingerprint density at radius 3 is 2.28 bits per heavy atom. The van der Waals surface area contributed by atoms with Gasteiger partial charge in [-0.25, -0.2) is 0 Å². The zero-order valence-corrected chi connectivity index (χ0v) is 11.8. The summed E-state index contributed by atoms with van der Waals surface area (Å²) in [5.74, 6) is 0.358. The highest BCUT2D eigenvalue weighted by Gasteiger charge is 2.43. The van der Waals surface area contributed by atoms with Crippen LogP contribution in [0.1, 0.15) is 64.7 Å². The lowest BCUT2D eigenvalue weighted by Gasteiger charge is -2.39. The zero-order chi connectivity index (χ0) is 13.0. The normalized spacial score (nSPS) is 24.1. The van der Waals surface area contributed by atoms with Gasteiger partial charge in [-0.1, -0.05) is 32.1 Å². The van der Waals surface area contributed by atoms with Crippen LogP contribution in [0.25, 0.3) is 0 Å². The quantitative estimate of drug-likeness (QED) is 0.836. The minimum Gasteiger partial charge on any atom is -0.339 e. The van der Waals surface area contributed by atoms with E-state index in [1.54, 1.807) is 0 Å². The van der Waals surface area contributed by atoms with Crippen LogP contribution in [0.4, 0.5) is 0 Å². The van der Waals surface area contributed by atoms with Crippen LogP contribution in [-0.2, 0) is 4.79 Å². The van der Waals surface area contributed by atoms with Gasteiger partial charge >= 0.3 is 0 Å². The number of amides is 1. The molecule has 0 aliphatic heterocycles. The summed E-state index contributed by atoms with van der Waals surface area (Å²) in [6, 6.07) is 0.486. The van der Waals surface area contributed by atoms with Gasteiger partial charge in [0.15, 0.2) is 0 Å². The lowest BCUT2D eigenvalue weighted by molar-refractivity contribution is -0.144. The minimum atomic E-state index is -0.215. The molecule has 3 heteroatoms. The Morgan fingerprint density at radius 2 is 1.78 bits per heavy atom. The van der Waals surface area contributed by atoms with Crippen LogP contribution in [0.15, 0.2) is 0 Å². The van der Waals surface area contributed by atoms with Gasteiger partial charge in [0.2, 0.25) is 5.91 Å². The minimum absolute atomic E-state index is 0.215. The molecule has 0 aromatic carbocycles. The molecule has 0 radical (unpaired) electrons. The monoisotopic (exact) mass is 252 g/mol. The van der Waals surface area contributed by atoms with Gasteiger partial charge in [-0.15, -0.1) is 0 Å². The first kappa shape index (κ1) is 13.9. The smallest absolute Gasteiger partial charge is 0.230 e. The molecule has 2 fully saturated rings. The highest BCUT2D eigenvalue weighted by atomic mass is 16.2.